The number of H-pyrrole nitrogens is 1. The van der Waals surface area contributed by atoms with Gasteiger partial charge in [-0.2, -0.15) is 0 Å². The maximum absolute atomic E-state index is 12.9. The fourth-order valence-corrected chi connectivity index (χ4v) is 3.57. The van der Waals surface area contributed by atoms with Crippen molar-refractivity contribution in [3.05, 3.63) is 59.0 Å². The van der Waals surface area contributed by atoms with Crippen molar-refractivity contribution in [2.45, 2.75) is 19.9 Å². The summed E-state index contributed by atoms with van der Waals surface area (Å²) in [5.41, 5.74) is 5.24. The number of amides is 1. The number of aryl methyl sites for hydroxylation is 1. The van der Waals surface area contributed by atoms with Crippen LogP contribution in [0.3, 0.4) is 0 Å². The first-order chi connectivity index (χ1) is 11.7. The highest BCUT2D eigenvalue weighted by molar-refractivity contribution is 5.95. The van der Waals surface area contributed by atoms with Crippen LogP contribution in [0.1, 0.15) is 27.2 Å². The van der Waals surface area contributed by atoms with Crippen LogP contribution in [0.25, 0.3) is 10.9 Å². The van der Waals surface area contributed by atoms with E-state index in [0.29, 0.717) is 18.7 Å². The minimum Gasteiger partial charge on any atom is -0.496 e. The Kier molecular flexibility index (Phi) is 3.49. The van der Waals surface area contributed by atoms with Gasteiger partial charge in [0.15, 0.2) is 0 Å². The van der Waals surface area contributed by atoms with Crippen LogP contribution in [0.2, 0.25) is 0 Å². The van der Waals surface area contributed by atoms with E-state index in [-0.39, 0.29) is 5.91 Å². The van der Waals surface area contributed by atoms with Crippen molar-refractivity contribution >= 4 is 16.8 Å². The molecule has 2 aromatic heterocycles. The monoisotopic (exact) mass is 321 g/mol. The van der Waals surface area contributed by atoms with E-state index in [4.69, 9.17) is 4.74 Å². The van der Waals surface area contributed by atoms with Gasteiger partial charge in [-0.15, -0.1) is 0 Å². The van der Waals surface area contributed by atoms with Crippen molar-refractivity contribution in [2.24, 2.45) is 0 Å². The SMILES string of the molecule is COc1ccc2[nH]c(C)c3c2c1CN(C(=O)c1cccnc1)CC3. The lowest BCUT2D eigenvalue weighted by Gasteiger charge is -2.22. The molecule has 3 heterocycles. The van der Waals surface area contributed by atoms with Gasteiger partial charge in [0, 0.05) is 41.1 Å². The highest BCUT2D eigenvalue weighted by atomic mass is 16.5. The van der Waals surface area contributed by atoms with E-state index in [1.807, 2.05) is 23.1 Å². The Morgan fingerprint density at radius 1 is 1.29 bits per heavy atom. The second-order valence-corrected chi connectivity index (χ2v) is 6.12. The van der Waals surface area contributed by atoms with Crippen molar-refractivity contribution in [2.75, 3.05) is 13.7 Å². The first kappa shape index (κ1) is 14.8. The molecule has 3 aromatic rings. The van der Waals surface area contributed by atoms with E-state index < -0.39 is 0 Å². The largest absolute Gasteiger partial charge is 0.496 e. The number of rotatable bonds is 2. The summed E-state index contributed by atoms with van der Waals surface area (Å²) >= 11 is 0. The fourth-order valence-electron chi connectivity index (χ4n) is 3.57. The quantitative estimate of drug-likeness (QED) is 0.789. The first-order valence-corrected chi connectivity index (χ1v) is 8.05. The smallest absolute Gasteiger partial charge is 0.255 e. The summed E-state index contributed by atoms with van der Waals surface area (Å²) in [6.45, 7) is 3.31. The average Bonchev–Trinajstić information content (AvgIpc) is 2.80. The number of hydrogen-bond donors (Lipinski definition) is 1. The predicted octanol–water partition coefficient (Wildman–Crippen LogP) is 3.08. The van der Waals surface area contributed by atoms with E-state index >= 15 is 0 Å². The minimum absolute atomic E-state index is 0.00828. The molecular formula is C19H19N3O2. The molecule has 1 N–H and O–H groups in total. The van der Waals surface area contributed by atoms with Gasteiger partial charge in [-0.1, -0.05) is 0 Å². The first-order valence-electron chi connectivity index (χ1n) is 8.05. The average molecular weight is 321 g/mol. The molecule has 0 bridgehead atoms. The summed E-state index contributed by atoms with van der Waals surface area (Å²) in [5.74, 6) is 0.836. The van der Waals surface area contributed by atoms with Gasteiger partial charge in [0.25, 0.3) is 5.91 Å². The van der Waals surface area contributed by atoms with Crippen molar-refractivity contribution in [1.82, 2.24) is 14.9 Å². The van der Waals surface area contributed by atoms with Crippen LogP contribution in [0.4, 0.5) is 0 Å². The summed E-state index contributed by atoms with van der Waals surface area (Å²) in [4.78, 5) is 22.3. The number of methoxy groups -OCH3 is 1. The molecule has 0 saturated carbocycles. The lowest BCUT2D eigenvalue weighted by atomic mass is 10.0. The number of nitrogens with one attached hydrogen (secondary N) is 1. The Morgan fingerprint density at radius 3 is 2.92 bits per heavy atom. The number of carbonyl (C=O) groups excluding carboxylic acids is 1. The van der Waals surface area contributed by atoms with Crippen LogP contribution in [0, 0.1) is 6.92 Å². The second-order valence-electron chi connectivity index (χ2n) is 6.12. The molecular weight excluding hydrogens is 302 g/mol. The lowest BCUT2D eigenvalue weighted by Crippen LogP contribution is -2.31. The number of aromatic amines is 1. The Bertz CT molecular complexity index is 915. The van der Waals surface area contributed by atoms with Gasteiger partial charge < -0.3 is 14.6 Å². The molecule has 5 nitrogen and oxygen atoms in total. The zero-order valence-electron chi connectivity index (χ0n) is 13.8. The second kappa shape index (κ2) is 5.67. The molecule has 1 amide bonds. The molecule has 0 fully saturated rings. The van der Waals surface area contributed by atoms with E-state index in [9.17, 15) is 4.79 Å². The van der Waals surface area contributed by atoms with Gasteiger partial charge >= 0.3 is 0 Å². The number of carbonyl (C=O) groups is 1. The van der Waals surface area contributed by atoms with Crippen molar-refractivity contribution in [3.63, 3.8) is 0 Å². The van der Waals surface area contributed by atoms with E-state index in [0.717, 1.165) is 28.9 Å². The summed E-state index contributed by atoms with van der Waals surface area (Å²) in [5, 5.41) is 1.20. The predicted molar refractivity (Wildman–Crippen MR) is 92.3 cm³/mol. The molecule has 0 spiro atoms. The normalized spacial score (nSPS) is 13.8. The number of pyridine rings is 1. The molecule has 4 rings (SSSR count). The van der Waals surface area contributed by atoms with Crippen molar-refractivity contribution < 1.29 is 9.53 Å². The number of hydrogen-bond acceptors (Lipinski definition) is 3. The standard InChI is InChI=1S/C19H19N3O2/c1-12-14-7-9-22(19(23)13-4-3-8-20-10-13)11-15-17(24-2)6-5-16(21-12)18(14)15/h3-6,8,10,21H,7,9,11H2,1-2H3. The Balaban J connectivity index is 1.80. The molecule has 0 aliphatic carbocycles. The van der Waals surface area contributed by atoms with Crippen LogP contribution in [-0.2, 0) is 13.0 Å². The summed E-state index contributed by atoms with van der Waals surface area (Å²) < 4.78 is 5.57. The number of nitrogens with zero attached hydrogens (tertiary/aromatic N) is 2. The van der Waals surface area contributed by atoms with Crippen LogP contribution in [0.15, 0.2) is 36.7 Å². The lowest BCUT2D eigenvalue weighted by molar-refractivity contribution is 0.0746. The van der Waals surface area contributed by atoms with Gasteiger partial charge in [-0.05, 0) is 43.2 Å². The molecule has 1 aliphatic heterocycles. The fraction of sp³-hybridized carbons (Fsp3) is 0.263. The van der Waals surface area contributed by atoms with Gasteiger partial charge in [-0.3, -0.25) is 9.78 Å². The summed E-state index contributed by atoms with van der Waals surface area (Å²) in [7, 11) is 1.68. The molecule has 0 atom stereocenters. The highest BCUT2D eigenvalue weighted by Crippen LogP contribution is 2.35. The van der Waals surface area contributed by atoms with E-state index in [1.165, 1.54) is 10.9 Å². The van der Waals surface area contributed by atoms with Gasteiger partial charge in [0.1, 0.15) is 5.75 Å². The summed E-state index contributed by atoms with van der Waals surface area (Å²) in [6.07, 6.45) is 4.13. The Hall–Kier alpha value is -2.82. The zero-order valence-corrected chi connectivity index (χ0v) is 13.8. The van der Waals surface area contributed by atoms with Gasteiger partial charge in [0.2, 0.25) is 0 Å². The molecule has 24 heavy (non-hydrogen) atoms. The van der Waals surface area contributed by atoms with E-state index in [2.05, 4.69) is 16.9 Å². The Morgan fingerprint density at radius 2 is 2.17 bits per heavy atom. The van der Waals surface area contributed by atoms with Gasteiger partial charge in [0.05, 0.1) is 19.2 Å². The van der Waals surface area contributed by atoms with Crippen molar-refractivity contribution in [1.29, 1.82) is 0 Å². The maximum atomic E-state index is 12.9. The molecule has 5 heteroatoms. The highest BCUT2D eigenvalue weighted by Gasteiger charge is 2.25. The maximum Gasteiger partial charge on any atom is 0.255 e. The molecule has 0 unspecified atom stereocenters. The molecule has 1 aromatic carbocycles. The third-order valence-corrected chi connectivity index (χ3v) is 4.74. The minimum atomic E-state index is 0.00828. The molecule has 0 radical (unpaired) electrons. The van der Waals surface area contributed by atoms with Crippen LogP contribution in [0.5, 0.6) is 5.75 Å². The topological polar surface area (TPSA) is 58.2 Å². The number of aromatic nitrogens is 2. The summed E-state index contributed by atoms with van der Waals surface area (Å²) in [6, 6.07) is 7.62. The molecule has 122 valence electrons. The molecule has 0 saturated heterocycles. The van der Waals surface area contributed by atoms with Crippen LogP contribution in [-0.4, -0.2) is 34.4 Å². The molecule has 1 aliphatic rings. The van der Waals surface area contributed by atoms with Crippen LogP contribution >= 0.6 is 0 Å². The third-order valence-electron chi connectivity index (χ3n) is 4.74. The number of benzene rings is 1. The Labute approximate surface area is 140 Å². The number of ether oxygens (including phenoxy) is 1. The van der Waals surface area contributed by atoms with Crippen molar-refractivity contribution in [3.8, 4) is 5.75 Å². The van der Waals surface area contributed by atoms with Crippen LogP contribution < -0.4 is 4.74 Å². The van der Waals surface area contributed by atoms with E-state index in [1.54, 1.807) is 25.6 Å². The zero-order chi connectivity index (χ0) is 16.7. The third kappa shape index (κ3) is 2.24. The van der Waals surface area contributed by atoms with Gasteiger partial charge in [-0.25, -0.2) is 0 Å².